The van der Waals surface area contributed by atoms with Crippen LogP contribution in [0.5, 0.6) is 17.2 Å². The van der Waals surface area contributed by atoms with Crippen LogP contribution < -0.4 is 14.9 Å². The molecule has 0 aliphatic rings. The first kappa shape index (κ1) is 19.4. The molecule has 3 aromatic rings. The molecule has 0 radical (unpaired) electrons. The largest absolute Gasteiger partial charge is 0.502 e. The third-order valence-corrected chi connectivity index (χ3v) is 5.03. The molecule has 28 heavy (non-hydrogen) atoms. The minimum absolute atomic E-state index is 0.0903. The van der Waals surface area contributed by atoms with Crippen molar-refractivity contribution in [3.05, 3.63) is 63.8 Å². The zero-order valence-electron chi connectivity index (χ0n) is 15.7. The first-order chi connectivity index (χ1) is 13.5. The average molecular weight is 396 g/mol. The Morgan fingerprint density at radius 3 is 2.36 bits per heavy atom. The molecule has 0 atom stereocenters. The minimum Gasteiger partial charge on any atom is -0.502 e. The van der Waals surface area contributed by atoms with Crippen LogP contribution in [-0.2, 0) is 0 Å². The van der Waals surface area contributed by atoms with Crippen LogP contribution in [0.15, 0.2) is 52.9 Å². The topological polar surface area (TPSA) is 80.2 Å². The van der Waals surface area contributed by atoms with Crippen molar-refractivity contribution in [3.63, 3.8) is 0 Å². The molecule has 0 saturated carbocycles. The molecule has 3 rings (SSSR count). The van der Waals surface area contributed by atoms with Gasteiger partial charge in [-0.2, -0.15) is 5.10 Å². The zero-order chi connectivity index (χ0) is 20.1. The van der Waals surface area contributed by atoms with E-state index in [9.17, 15) is 9.90 Å². The van der Waals surface area contributed by atoms with Crippen LogP contribution in [0.1, 0.15) is 20.8 Å². The maximum absolute atomic E-state index is 12.6. The Morgan fingerprint density at radius 2 is 1.75 bits per heavy atom. The van der Waals surface area contributed by atoms with Gasteiger partial charge < -0.3 is 14.6 Å². The number of hydrogen-bond acceptors (Lipinski definition) is 6. The van der Waals surface area contributed by atoms with E-state index in [4.69, 9.17) is 9.47 Å². The summed E-state index contributed by atoms with van der Waals surface area (Å²) >= 11 is 1.36. The van der Waals surface area contributed by atoms with Crippen molar-refractivity contribution in [2.45, 2.75) is 6.92 Å². The number of benzene rings is 2. The Kier molecular flexibility index (Phi) is 5.96. The maximum atomic E-state index is 12.6. The Balaban J connectivity index is 1.77. The van der Waals surface area contributed by atoms with Gasteiger partial charge in [0.15, 0.2) is 11.5 Å². The lowest BCUT2D eigenvalue weighted by Crippen LogP contribution is -2.17. The van der Waals surface area contributed by atoms with Gasteiger partial charge in [-0.25, -0.2) is 5.43 Å². The molecule has 144 valence electrons. The lowest BCUT2D eigenvalue weighted by Gasteiger charge is -2.09. The van der Waals surface area contributed by atoms with E-state index >= 15 is 0 Å². The van der Waals surface area contributed by atoms with Crippen LogP contribution in [0, 0.1) is 6.92 Å². The molecule has 0 aliphatic heterocycles. The number of phenolic OH excluding ortho intramolecular Hbond substituents is 1. The molecule has 0 spiro atoms. The van der Waals surface area contributed by atoms with Crippen LogP contribution in [0.25, 0.3) is 11.1 Å². The molecule has 7 heteroatoms. The molecule has 0 bridgehead atoms. The van der Waals surface area contributed by atoms with Crippen molar-refractivity contribution in [1.82, 2.24) is 5.43 Å². The molecule has 2 N–H and O–H groups in total. The second-order valence-electron chi connectivity index (χ2n) is 6.00. The quantitative estimate of drug-likeness (QED) is 0.483. The number of amides is 1. The number of nitrogens with zero attached hydrogens (tertiary/aromatic N) is 1. The summed E-state index contributed by atoms with van der Waals surface area (Å²) in [7, 11) is 2.89. The fraction of sp³-hybridized carbons (Fsp3) is 0.143. The standard InChI is InChI=1S/C21H20N2O4S/c1-13-4-6-15(7-5-13)16-8-9-28-20(16)21(25)23-22-12-14-10-17(26-2)19(24)18(11-14)27-3/h4-12,24H,1-3H3,(H,23,25)/b22-12+. The van der Waals surface area contributed by atoms with E-state index in [1.807, 2.05) is 42.6 Å². The molecule has 1 amide bonds. The van der Waals surface area contributed by atoms with Crippen LogP contribution >= 0.6 is 11.3 Å². The number of methoxy groups -OCH3 is 2. The molecule has 2 aromatic carbocycles. The first-order valence-electron chi connectivity index (χ1n) is 8.46. The van der Waals surface area contributed by atoms with Crippen molar-refractivity contribution < 1.29 is 19.4 Å². The Bertz CT molecular complexity index is 984. The second kappa shape index (κ2) is 8.58. The van der Waals surface area contributed by atoms with Crippen molar-refractivity contribution in [3.8, 4) is 28.4 Å². The van der Waals surface area contributed by atoms with Gasteiger partial charge in [-0.05, 0) is 36.1 Å². The highest BCUT2D eigenvalue weighted by molar-refractivity contribution is 7.12. The van der Waals surface area contributed by atoms with E-state index in [-0.39, 0.29) is 23.2 Å². The summed E-state index contributed by atoms with van der Waals surface area (Å²) in [5, 5.41) is 15.8. The fourth-order valence-corrected chi connectivity index (χ4v) is 3.46. The normalized spacial score (nSPS) is 10.8. The first-order valence-corrected chi connectivity index (χ1v) is 9.34. The van der Waals surface area contributed by atoms with Gasteiger partial charge in [0.25, 0.3) is 5.91 Å². The monoisotopic (exact) mass is 396 g/mol. The predicted molar refractivity (Wildman–Crippen MR) is 111 cm³/mol. The van der Waals surface area contributed by atoms with Crippen molar-refractivity contribution in [2.75, 3.05) is 14.2 Å². The number of hydrazone groups is 1. The number of ether oxygens (including phenoxy) is 2. The molecule has 0 saturated heterocycles. The van der Waals surface area contributed by atoms with Crippen LogP contribution in [0.4, 0.5) is 0 Å². The summed E-state index contributed by atoms with van der Waals surface area (Å²) in [6, 6.07) is 13.1. The van der Waals surface area contributed by atoms with Crippen LogP contribution in [0.3, 0.4) is 0 Å². The fourth-order valence-electron chi connectivity index (χ4n) is 2.65. The third kappa shape index (κ3) is 4.15. The van der Waals surface area contributed by atoms with E-state index < -0.39 is 0 Å². The molecule has 0 unspecified atom stereocenters. The number of hydrogen-bond donors (Lipinski definition) is 2. The van der Waals surface area contributed by atoms with Gasteiger partial charge in [0.2, 0.25) is 5.75 Å². The maximum Gasteiger partial charge on any atom is 0.282 e. The van der Waals surface area contributed by atoms with Crippen molar-refractivity contribution in [2.24, 2.45) is 5.10 Å². The zero-order valence-corrected chi connectivity index (χ0v) is 16.5. The number of nitrogens with one attached hydrogen (secondary N) is 1. The van der Waals surface area contributed by atoms with Gasteiger partial charge in [0.05, 0.1) is 20.4 Å². The lowest BCUT2D eigenvalue weighted by atomic mass is 10.1. The third-order valence-electron chi connectivity index (χ3n) is 4.12. The molecule has 0 fully saturated rings. The van der Waals surface area contributed by atoms with Crippen molar-refractivity contribution >= 4 is 23.5 Å². The summed E-state index contributed by atoms with van der Waals surface area (Å²) in [6.07, 6.45) is 1.46. The number of aromatic hydroxyl groups is 1. The highest BCUT2D eigenvalue weighted by atomic mass is 32.1. The molecular weight excluding hydrogens is 376 g/mol. The predicted octanol–water partition coefficient (Wildman–Crippen LogP) is 4.21. The van der Waals surface area contributed by atoms with E-state index in [1.165, 1.54) is 31.8 Å². The summed E-state index contributed by atoms with van der Waals surface area (Å²) in [4.78, 5) is 13.1. The summed E-state index contributed by atoms with van der Waals surface area (Å²) in [5.41, 5.74) is 6.16. The summed E-state index contributed by atoms with van der Waals surface area (Å²) in [5.74, 6) is 0.131. The molecular formula is C21H20N2O4S. The smallest absolute Gasteiger partial charge is 0.282 e. The molecule has 6 nitrogen and oxygen atoms in total. The van der Waals surface area contributed by atoms with E-state index in [2.05, 4.69) is 10.5 Å². The number of rotatable bonds is 6. The van der Waals surface area contributed by atoms with Gasteiger partial charge in [-0.1, -0.05) is 29.8 Å². The summed E-state index contributed by atoms with van der Waals surface area (Å²) < 4.78 is 10.2. The van der Waals surface area contributed by atoms with E-state index in [0.717, 1.165) is 16.7 Å². The minimum atomic E-state index is -0.292. The van der Waals surface area contributed by atoms with Crippen LogP contribution in [0.2, 0.25) is 0 Å². The number of carbonyl (C=O) groups excluding carboxylic acids is 1. The molecule has 0 aliphatic carbocycles. The average Bonchev–Trinajstić information content (AvgIpc) is 3.19. The van der Waals surface area contributed by atoms with Gasteiger partial charge >= 0.3 is 0 Å². The van der Waals surface area contributed by atoms with E-state index in [1.54, 1.807) is 12.1 Å². The highest BCUT2D eigenvalue weighted by Crippen LogP contribution is 2.36. The Labute approximate surface area is 167 Å². The Hall–Kier alpha value is -3.32. The van der Waals surface area contributed by atoms with Gasteiger partial charge in [-0.15, -0.1) is 11.3 Å². The highest BCUT2D eigenvalue weighted by Gasteiger charge is 2.14. The SMILES string of the molecule is COc1cc(/C=N/NC(=O)c2sccc2-c2ccc(C)cc2)cc(OC)c1O. The molecule has 1 heterocycles. The Morgan fingerprint density at radius 1 is 1.11 bits per heavy atom. The number of carbonyl (C=O) groups is 1. The van der Waals surface area contributed by atoms with Gasteiger partial charge in [0, 0.05) is 11.1 Å². The molecule has 1 aromatic heterocycles. The van der Waals surface area contributed by atoms with Crippen LogP contribution in [-0.4, -0.2) is 31.4 Å². The number of phenols is 1. The second-order valence-corrected chi connectivity index (χ2v) is 6.92. The summed E-state index contributed by atoms with van der Waals surface area (Å²) in [6.45, 7) is 2.02. The number of thiophene rings is 1. The van der Waals surface area contributed by atoms with Gasteiger partial charge in [0.1, 0.15) is 4.88 Å². The number of aryl methyl sites for hydroxylation is 1. The lowest BCUT2D eigenvalue weighted by molar-refractivity contribution is 0.0960. The van der Waals surface area contributed by atoms with Gasteiger partial charge in [-0.3, -0.25) is 4.79 Å². The van der Waals surface area contributed by atoms with Crippen molar-refractivity contribution in [1.29, 1.82) is 0 Å². The van der Waals surface area contributed by atoms with E-state index in [0.29, 0.717) is 10.4 Å².